The molecular weight excluding hydrogens is 378 g/mol. The highest BCUT2D eigenvalue weighted by atomic mass is 35.5. The van der Waals surface area contributed by atoms with E-state index in [4.69, 9.17) is 22.1 Å². The van der Waals surface area contributed by atoms with Gasteiger partial charge in [-0.2, -0.15) is 0 Å². The third-order valence-electron chi connectivity index (χ3n) is 4.53. The molecule has 2 aromatic carbocycles. The number of nitrogens with zero attached hydrogens (tertiary/aromatic N) is 1. The van der Waals surface area contributed by atoms with Crippen molar-refractivity contribution in [1.29, 1.82) is 0 Å². The number of methoxy groups -OCH3 is 1. The number of nitrogen functional groups attached to an aromatic ring is 1. The molecular formula is C21H24ClN3O3. The number of nitrogens with one attached hydrogen (secondary N) is 1. The lowest BCUT2D eigenvalue weighted by molar-refractivity contribution is 0.187. The molecule has 0 radical (unpaired) electrons. The lowest BCUT2D eigenvalue weighted by atomic mass is 10.1. The van der Waals surface area contributed by atoms with Crippen LogP contribution in [0.3, 0.4) is 0 Å². The summed E-state index contributed by atoms with van der Waals surface area (Å²) in [5.41, 5.74) is 10.8. The van der Waals surface area contributed by atoms with Crippen molar-refractivity contribution in [3.63, 3.8) is 0 Å². The number of aryl methyl sites for hydroxylation is 1. The number of nitrogens with two attached hydrogens (primary N) is 1. The fraction of sp³-hybridized carbons (Fsp3) is 0.286. The average molecular weight is 402 g/mol. The van der Waals surface area contributed by atoms with E-state index in [-0.39, 0.29) is 0 Å². The first-order valence-corrected chi connectivity index (χ1v) is 9.68. The molecule has 0 atom stereocenters. The zero-order valence-electron chi connectivity index (χ0n) is 16.0. The Kier molecular flexibility index (Phi) is 6.31. The molecule has 28 heavy (non-hydrogen) atoms. The number of fused-ring (bicyclic) bond motifs is 1. The maximum absolute atomic E-state index is 11.4. The van der Waals surface area contributed by atoms with Gasteiger partial charge < -0.3 is 19.8 Å². The second-order valence-corrected chi connectivity index (χ2v) is 6.65. The number of carbonyl (C=O) groups is 1. The summed E-state index contributed by atoms with van der Waals surface area (Å²) in [5, 5.41) is 3.63. The standard InChI is InChI=1S/C21H24ClN3O3/c1-3-25-18-13-16(28-12-4-11-22)9-10-17(18)19(23)20(25)14-5-7-15(8-6-14)24-21(26)27-2/h5-10,13H,3-4,11-12,23H2,1-2H3,(H,24,26). The summed E-state index contributed by atoms with van der Waals surface area (Å²) in [6, 6.07) is 13.4. The molecule has 3 aromatic rings. The van der Waals surface area contributed by atoms with Crippen molar-refractivity contribution < 1.29 is 14.3 Å². The molecule has 1 aromatic heterocycles. The number of carbonyl (C=O) groups excluding carboxylic acids is 1. The SMILES string of the molecule is CCn1c(-c2ccc(NC(=O)OC)cc2)c(N)c2ccc(OCCCCl)cc21. The van der Waals surface area contributed by atoms with Gasteiger partial charge in [0, 0.05) is 35.1 Å². The molecule has 1 amide bonds. The second kappa shape index (κ2) is 8.89. The lowest BCUT2D eigenvalue weighted by Gasteiger charge is -2.11. The van der Waals surface area contributed by atoms with Crippen molar-refractivity contribution >= 4 is 40.0 Å². The van der Waals surface area contributed by atoms with Gasteiger partial charge >= 0.3 is 6.09 Å². The van der Waals surface area contributed by atoms with Gasteiger partial charge in [0.1, 0.15) is 5.75 Å². The van der Waals surface area contributed by atoms with Crippen LogP contribution in [0.4, 0.5) is 16.2 Å². The van der Waals surface area contributed by atoms with Crippen LogP contribution in [0.25, 0.3) is 22.2 Å². The van der Waals surface area contributed by atoms with Gasteiger partial charge in [-0.25, -0.2) is 4.79 Å². The van der Waals surface area contributed by atoms with Crippen molar-refractivity contribution in [1.82, 2.24) is 4.57 Å². The number of amides is 1. The molecule has 0 spiro atoms. The number of halogens is 1. The largest absolute Gasteiger partial charge is 0.493 e. The molecule has 0 unspecified atom stereocenters. The molecule has 3 N–H and O–H groups in total. The Labute approximate surface area is 169 Å². The van der Waals surface area contributed by atoms with E-state index >= 15 is 0 Å². The van der Waals surface area contributed by atoms with Crippen LogP contribution in [0.5, 0.6) is 5.75 Å². The second-order valence-electron chi connectivity index (χ2n) is 6.27. The minimum Gasteiger partial charge on any atom is -0.493 e. The molecule has 0 aliphatic heterocycles. The van der Waals surface area contributed by atoms with Gasteiger partial charge in [-0.1, -0.05) is 12.1 Å². The molecule has 7 heteroatoms. The number of ether oxygens (including phenoxy) is 2. The molecule has 1 heterocycles. The Morgan fingerprint density at radius 2 is 1.96 bits per heavy atom. The molecule has 6 nitrogen and oxygen atoms in total. The summed E-state index contributed by atoms with van der Waals surface area (Å²) in [6.07, 6.45) is 0.296. The first kappa shape index (κ1) is 19.9. The zero-order valence-corrected chi connectivity index (χ0v) is 16.8. The van der Waals surface area contributed by atoms with Gasteiger partial charge in [-0.3, -0.25) is 5.32 Å². The van der Waals surface area contributed by atoms with E-state index in [1.54, 1.807) is 0 Å². The molecule has 0 saturated heterocycles. The van der Waals surface area contributed by atoms with E-state index in [2.05, 4.69) is 21.5 Å². The lowest BCUT2D eigenvalue weighted by Crippen LogP contribution is -2.10. The monoisotopic (exact) mass is 401 g/mol. The van der Waals surface area contributed by atoms with E-state index in [9.17, 15) is 4.79 Å². The Hall–Kier alpha value is -2.86. The number of benzene rings is 2. The maximum atomic E-state index is 11.4. The average Bonchev–Trinajstić information content (AvgIpc) is 3.00. The fourth-order valence-electron chi connectivity index (χ4n) is 3.21. The van der Waals surface area contributed by atoms with Gasteiger partial charge in [0.2, 0.25) is 0 Å². The quantitative estimate of drug-likeness (QED) is 0.426. The number of hydrogen-bond acceptors (Lipinski definition) is 4. The number of hydrogen-bond donors (Lipinski definition) is 2. The summed E-state index contributed by atoms with van der Waals surface area (Å²) in [7, 11) is 1.33. The molecule has 148 valence electrons. The predicted molar refractivity (Wildman–Crippen MR) is 114 cm³/mol. The molecule has 0 aliphatic carbocycles. The van der Waals surface area contributed by atoms with Crippen LogP contribution >= 0.6 is 11.6 Å². The highest BCUT2D eigenvalue weighted by molar-refractivity contribution is 6.17. The minimum atomic E-state index is -0.503. The van der Waals surface area contributed by atoms with E-state index in [1.165, 1.54) is 7.11 Å². The van der Waals surface area contributed by atoms with Crippen molar-refractivity contribution in [2.75, 3.05) is 30.6 Å². The third kappa shape index (κ3) is 4.02. The van der Waals surface area contributed by atoms with E-state index in [0.717, 1.165) is 46.6 Å². The summed E-state index contributed by atoms with van der Waals surface area (Å²) < 4.78 is 12.6. The van der Waals surface area contributed by atoms with Gasteiger partial charge in [-0.05, 0) is 37.6 Å². The zero-order chi connectivity index (χ0) is 20.1. The van der Waals surface area contributed by atoms with Crippen molar-refractivity contribution in [2.24, 2.45) is 0 Å². The summed E-state index contributed by atoms with van der Waals surface area (Å²) in [4.78, 5) is 11.4. The van der Waals surface area contributed by atoms with E-state index in [1.807, 2.05) is 42.5 Å². The Bertz CT molecular complexity index is 967. The van der Waals surface area contributed by atoms with E-state index in [0.29, 0.717) is 18.2 Å². The number of alkyl halides is 1. The third-order valence-corrected chi connectivity index (χ3v) is 4.80. The number of rotatable bonds is 7. The van der Waals surface area contributed by atoms with Crippen LogP contribution in [-0.2, 0) is 11.3 Å². The molecule has 0 saturated carbocycles. The minimum absolute atomic E-state index is 0.503. The topological polar surface area (TPSA) is 78.5 Å². The molecule has 0 fully saturated rings. The highest BCUT2D eigenvalue weighted by Gasteiger charge is 2.16. The molecule has 0 bridgehead atoms. The maximum Gasteiger partial charge on any atom is 0.411 e. The molecule has 0 aliphatic rings. The predicted octanol–water partition coefficient (Wildman–Crippen LogP) is 5.10. The van der Waals surface area contributed by atoms with Crippen molar-refractivity contribution in [3.8, 4) is 17.0 Å². The van der Waals surface area contributed by atoms with Gasteiger partial charge in [0.05, 0.1) is 30.6 Å². The van der Waals surface area contributed by atoms with Crippen LogP contribution < -0.4 is 15.8 Å². The Morgan fingerprint density at radius 1 is 1.21 bits per heavy atom. The Balaban J connectivity index is 1.98. The highest BCUT2D eigenvalue weighted by Crippen LogP contribution is 2.38. The van der Waals surface area contributed by atoms with Gasteiger partial charge in [-0.15, -0.1) is 11.6 Å². The first-order valence-electron chi connectivity index (χ1n) is 9.15. The Morgan fingerprint density at radius 3 is 2.61 bits per heavy atom. The summed E-state index contributed by atoms with van der Waals surface area (Å²) in [5.74, 6) is 1.37. The smallest absolute Gasteiger partial charge is 0.411 e. The van der Waals surface area contributed by atoms with Crippen LogP contribution in [0.1, 0.15) is 13.3 Å². The number of aromatic nitrogens is 1. The number of anilines is 2. The van der Waals surface area contributed by atoms with Crippen LogP contribution in [0, 0.1) is 0 Å². The normalized spacial score (nSPS) is 10.8. The van der Waals surface area contributed by atoms with E-state index < -0.39 is 6.09 Å². The van der Waals surface area contributed by atoms with Crippen molar-refractivity contribution in [3.05, 3.63) is 42.5 Å². The summed E-state index contributed by atoms with van der Waals surface area (Å²) >= 11 is 5.72. The van der Waals surface area contributed by atoms with Gasteiger partial charge in [0.25, 0.3) is 0 Å². The van der Waals surface area contributed by atoms with Crippen LogP contribution in [-0.4, -0.2) is 30.3 Å². The fourth-order valence-corrected chi connectivity index (χ4v) is 3.32. The van der Waals surface area contributed by atoms with Gasteiger partial charge in [0.15, 0.2) is 0 Å². The van der Waals surface area contributed by atoms with Crippen molar-refractivity contribution in [2.45, 2.75) is 19.9 Å². The van der Waals surface area contributed by atoms with Crippen LogP contribution in [0.15, 0.2) is 42.5 Å². The summed E-state index contributed by atoms with van der Waals surface area (Å²) in [6.45, 7) is 3.42. The first-order chi connectivity index (χ1) is 13.6. The molecule has 3 rings (SSSR count). The van der Waals surface area contributed by atoms with Crippen LogP contribution in [0.2, 0.25) is 0 Å².